The van der Waals surface area contributed by atoms with Crippen LogP contribution in [0.1, 0.15) is 21.6 Å². The molecule has 0 fully saturated rings. The zero-order valence-corrected chi connectivity index (χ0v) is 16.6. The Morgan fingerprint density at radius 1 is 1.11 bits per heavy atom. The van der Waals surface area contributed by atoms with Crippen LogP contribution in [0.25, 0.3) is 16.3 Å². The summed E-state index contributed by atoms with van der Waals surface area (Å²) in [5.41, 5.74) is 4.37. The van der Waals surface area contributed by atoms with Crippen LogP contribution in [0.2, 0.25) is 0 Å². The number of hydrogen-bond donors (Lipinski definition) is 0. The maximum absolute atomic E-state index is 12.8. The number of benzene rings is 1. The third kappa shape index (κ3) is 3.73. The molecule has 0 N–H and O–H groups in total. The van der Waals surface area contributed by atoms with Crippen molar-refractivity contribution in [3.63, 3.8) is 0 Å². The molecule has 3 aromatic heterocycles. The first kappa shape index (κ1) is 18.1. The van der Waals surface area contributed by atoms with Crippen molar-refractivity contribution in [1.29, 1.82) is 0 Å². The number of nitrogens with zero attached hydrogens (tertiary/aromatic N) is 4. The van der Waals surface area contributed by atoms with Crippen molar-refractivity contribution in [1.82, 2.24) is 19.7 Å². The van der Waals surface area contributed by atoms with E-state index in [-0.39, 0.29) is 5.91 Å². The van der Waals surface area contributed by atoms with Gasteiger partial charge in [-0.25, -0.2) is 4.68 Å². The Labute approximate surface area is 167 Å². The molecule has 4 rings (SSSR count). The molecule has 5 nitrogen and oxygen atoms in total. The molecule has 28 heavy (non-hydrogen) atoms. The van der Waals surface area contributed by atoms with Crippen molar-refractivity contribution in [2.45, 2.75) is 13.5 Å². The molecule has 0 unspecified atom stereocenters. The normalized spacial score (nSPS) is 10.8. The number of aromatic nitrogens is 3. The van der Waals surface area contributed by atoms with Crippen LogP contribution in [0.4, 0.5) is 0 Å². The predicted molar refractivity (Wildman–Crippen MR) is 112 cm³/mol. The highest BCUT2D eigenvalue weighted by Gasteiger charge is 2.18. The van der Waals surface area contributed by atoms with E-state index in [1.807, 2.05) is 71.7 Å². The Balaban J connectivity index is 1.65. The van der Waals surface area contributed by atoms with Gasteiger partial charge in [-0.15, -0.1) is 11.3 Å². The number of pyridine rings is 1. The lowest BCUT2D eigenvalue weighted by Crippen LogP contribution is -2.26. The van der Waals surface area contributed by atoms with Crippen LogP contribution in [-0.2, 0) is 6.54 Å². The maximum atomic E-state index is 12.8. The standard InChI is InChI=1S/C22H20N4OS/c1-16-10-11-17(13-23-16)22(27)25(2)14-18-15-26(19-7-4-3-5-8-19)24-21(18)20-9-6-12-28-20/h3-13,15H,14H2,1-2H3. The third-order valence-corrected chi connectivity index (χ3v) is 5.35. The monoisotopic (exact) mass is 388 g/mol. The number of para-hydroxylation sites is 1. The van der Waals surface area contributed by atoms with Gasteiger partial charge in [0.1, 0.15) is 5.69 Å². The quantitative estimate of drug-likeness (QED) is 0.503. The number of carbonyl (C=O) groups excluding carboxylic acids is 1. The zero-order valence-electron chi connectivity index (χ0n) is 15.7. The van der Waals surface area contributed by atoms with Gasteiger partial charge in [-0.3, -0.25) is 9.78 Å². The second-order valence-corrected chi connectivity index (χ2v) is 7.56. The van der Waals surface area contributed by atoms with E-state index in [9.17, 15) is 4.79 Å². The summed E-state index contributed by atoms with van der Waals surface area (Å²) in [4.78, 5) is 19.8. The molecular formula is C22H20N4OS. The van der Waals surface area contributed by atoms with E-state index < -0.39 is 0 Å². The fourth-order valence-electron chi connectivity index (χ4n) is 3.00. The fraction of sp³-hybridized carbons (Fsp3) is 0.136. The van der Waals surface area contributed by atoms with E-state index in [2.05, 4.69) is 11.1 Å². The SMILES string of the molecule is Cc1ccc(C(=O)N(C)Cc2cn(-c3ccccc3)nc2-c2cccs2)cn1. The van der Waals surface area contributed by atoms with Crippen molar-refractivity contribution in [3.8, 4) is 16.3 Å². The van der Waals surface area contributed by atoms with E-state index in [1.54, 1.807) is 29.5 Å². The van der Waals surface area contributed by atoms with Gasteiger partial charge in [-0.1, -0.05) is 24.3 Å². The molecule has 0 spiro atoms. The van der Waals surface area contributed by atoms with Crippen LogP contribution in [0, 0.1) is 6.92 Å². The van der Waals surface area contributed by atoms with Gasteiger partial charge in [-0.2, -0.15) is 5.10 Å². The summed E-state index contributed by atoms with van der Waals surface area (Å²) in [6.07, 6.45) is 3.63. The molecule has 0 bridgehead atoms. The minimum absolute atomic E-state index is 0.0582. The second-order valence-electron chi connectivity index (χ2n) is 6.61. The van der Waals surface area contributed by atoms with Crippen molar-refractivity contribution in [3.05, 3.63) is 89.2 Å². The summed E-state index contributed by atoms with van der Waals surface area (Å²) < 4.78 is 1.87. The highest BCUT2D eigenvalue weighted by molar-refractivity contribution is 7.13. The largest absolute Gasteiger partial charge is 0.337 e. The number of carbonyl (C=O) groups is 1. The number of amides is 1. The summed E-state index contributed by atoms with van der Waals surface area (Å²) in [6.45, 7) is 2.37. The molecule has 0 atom stereocenters. The summed E-state index contributed by atoms with van der Waals surface area (Å²) in [5, 5.41) is 6.83. The number of hydrogen-bond acceptors (Lipinski definition) is 4. The van der Waals surface area contributed by atoms with Crippen LogP contribution >= 0.6 is 11.3 Å². The molecule has 1 aromatic carbocycles. The molecular weight excluding hydrogens is 368 g/mol. The van der Waals surface area contributed by atoms with Crippen LogP contribution in [0.15, 0.2) is 72.4 Å². The average Bonchev–Trinajstić information content (AvgIpc) is 3.38. The molecule has 140 valence electrons. The Kier molecular flexibility index (Phi) is 5.04. The van der Waals surface area contributed by atoms with Gasteiger partial charge in [0.15, 0.2) is 0 Å². The Hall–Kier alpha value is -3.25. The molecule has 3 heterocycles. The van der Waals surface area contributed by atoms with Gasteiger partial charge in [0.05, 0.1) is 16.1 Å². The lowest BCUT2D eigenvalue weighted by atomic mass is 10.2. The summed E-state index contributed by atoms with van der Waals surface area (Å²) >= 11 is 1.64. The molecule has 0 radical (unpaired) electrons. The molecule has 0 aliphatic heterocycles. The van der Waals surface area contributed by atoms with Crippen molar-refractivity contribution < 1.29 is 4.79 Å². The summed E-state index contributed by atoms with van der Waals surface area (Å²) in [7, 11) is 1.81. The van der Waals surface area contributed by atoms with E-state index in [4.69, 9.17) is 5.10 Å². The summed E-state index contributed by atoms with van der Waals surface area (Å²) in [6, 6.07) is 17.7. The topological polar surface area (TPSA) is 51.0 Å². The van der Waals surface area contributed by atoms with E-state index in [0.29, 0.717) is 12.1 Å². The molecule has 0 saturated heterocycles. The number of rotatable bonds is 5. The van der Waals surface area contributed by atoms with Gasteiger partial charge in [0.2, 0.25) is 0 Å². The predicted octanol–water partition coefficient (Wildman–Crippen LogP) is 4.58. The number of thiophene rings is 1. The third-order valence-electron chi connectivity index (χ3n) is 4.48. The minimum Gasteiger partial charge on any atom is -0.337 e. The van der Waals surface area contributed by atoms with Gasteiger partial charge in [0, 0.05) is 37.2 Å². The molecule has 0 saturated carbocycles. The van der Waals surface area contributed by atoms with Gasteiger partial charge < -0.3 is 4.90 Å². The van der Waals surface area contributed by atoms with Gasteiger partial charge in [0.25, 0.3) is 5.91 Å². The first-order valence-corrected chi connectivity index (χ1v) is 9.86. The lowest BCUT2D eigenvalue weighted by Gasteiger charge is -2.17. The first-order valence-electron chi connectivity index (χ1n) is 8.98. The molecule has 6 heteroatoms. The second kappa shape index (κ2) is 7.78. The van der Waals surface area contributed by atoms with Crippen LogP contribution in [-0.4, -0.2) is 32.6 Å². The average molecular weight is 388 g/mol. The Morgan fingerprint density at radius 2 is 1.93 bits per heavy atom. The van der Waals surface area contributed by atoms with E-state index >= 15 is 0 Å². The Morgan fingerprint density at radius 3 is 2.61 bits per heavy atom. The molecule has 0 aliphatic rings. The van der Waals surface area contributed by atoms with E-state index in [1.165, 1.54) is 0 Å². The van der Waals surface area contributed by atoms with Crippen LogP contribution in [0.3, 0.4) is 0 Å². The lowest BCUT2D eigenvalue weighted by molar-refractivity contribution is 0.0785. The van der Waals surface area contributed by atoms with Crippen LogP contribution in [0.5, 0.6) is 0 Å². The highest BCUT2D eigenvalue weighted by Crippen LogP contribution is 2.28. The van der Waals surface area contributed by atoms with E-state index in [0.717, 1.165) is 27.5 Å². The minimum atomic E-state index is -0.0582. The molecule has 0 aliphatic carbocycles. The van der Waals surface area contributed by atoms with Crippen molar-refractivity contribution in [2.75, 3.05) is 7.05 Å². The summed E-state index contributed by atoms with van der Waals surface area (Å²) in [5.74, 6) is -0.0582. The number of aryl methyl sites for hydroxylation is 1. The van der Waals surface area contributed by atoms with Crippen molar-refractivity contribution in [2.24, 2.45) is 0 Å². The van der Waals surface area contributed by atoms with Gasteiger partial charge >= 0.3 is 0 Å². The van der Waals surface area contributed by atoms with Crippen molar-refractivity contribution >= 4 is 17.2 Å². The maximum Gasteiger partial charge on any atom is 0.255 e. The molecule has 4 aromatic rings. The first-order chi connectivity index (χ1) is 13.6. The zero-order chi connectivity index (χ0) is 19.5. The smallest absolute Gasteiger partial charge is 0.255 e. The van der Waals surface area contributed by atoms with Gasteiger partial charge in [-0.05, 0) is 42.6 Å². The highest BCUT2D eigenvalue weighted by atomic mass is 32.1. The molecule has 1 amide bonds. The Bertz CT molecular complexity index is 1070. The van der Waals surface area contributed by atoms with Crippen LogP contribution < -0.4 is 0 Å². The fourth-order valence-corrected chi connectivity index (χ4v) is 3.75.